The Morgan fingerprint density at radius 3 is 2.03 bits per heavy atom. The van der Waals surface area contributed by atoms with Crippen molar-refractivity contribution < 1.29 is 22.7 Å². The molecule has 0 saturated carbocycles. The molecule has 31 heavy (non-hydrogen) atoms. The summed E-state index contributed by atoms with van der Waals surface area (Å²) in [6, 6.07) is 17.3. The van der Waals surface area contributed by atoms with E-state index in [2.05, 4.69) is 0 Å². The lowest BCUT2D eigenvalue weighted by Crippen LogP contribution is -2.40. The number of sulfonamides is 1. The molecule has 6 nitrogen and oxygen atoms in total. The number of amides is 1. The molecule has 0 aromatic heterocycles. The summed E-state index contributed by atoms with van der Waals surface area (Å²) in [4.78, 5) is 13.0. The maximum absolute atomic E-state index is 13.3. The number of hydrogen-bond donors (Lipinski definition) is 0. The number of aryl methyl sites for hydroxylation is 2. The summed E-state index contributed by atoms with van der Waals surface area (Å²) in [5, 5.41) is 0.388. The molecule has 0 N–H and O–H groups in total. The summed E-state index contributed by atoms with van der Waals surface area (Å²) in [7, 11) is -2.71. The average molecular weight is 460 g/mol. The van der Waals surface area contributed by atoms with Crippen molar-refractivity contribution in [2.24, 2.45) is 0 Å². The quantitative estimate of drug-likeness (QED) is 0.509. The topological polar surface area (TPSA) is 72.9 Å². The number of carbonyl (C=O) groups excluding carboxylic acids is 1. The first-order chi connectivity index (χ1) is 14.7. The molecule has 0 aliphatic rings. The zero-order valence-corrected chi connectivity index (χ0v) is 18.9. The second-order valence-electron chi connectivity index (χ2n) is 6.93. The molecular weight excluding hydrogens is 438 g/mol. The van der Waals surface area contributed by atoms with E-state index in [1.807, 2.05) is 19.9 Å². The van der Waals surface area contributed by atoms with Crippen molar-refractivity contribution in [3.8, 4) is 11.5 Å². The van der Waals surface area contributed by atoms with Crippen molar-refractivity contribution in [3.05, 3.63) is 82.9 Å². The van der Waals surface area contributed by atoms with E-state index >= 15 is 0 Å². The Balaban J connectivity index is 1.96. The Kier molecular flexibility index (Phi) is 6.87. The van der Waals surface area contributed by atoms with Gasteiger partial charge in [0.1, 0.15) is 11.5 Å². The third-order valence-corrected chi connectivity index (χ3v) is 6.46. The van der Waals surface area contributed by atoms with Crippen LogP contribution in [-0.4, -0.2) is 28.0 Å². The van der Waals surface area contributed by atoms with Crippen LogP contribution >= 0.6 is 11.6 Å². The number of halogens is 1. The second kappa shape index (κ2) is 9.41. The lowest BCUT2D eigenvalue weighted by molar-refractivity contribution is -0.119. The van der Waals surface area contributed by atoms with E-state index in [1.165, 1.54) is 43.5 Å². The Morgan fingerprint density at radius 1 is 0.903 bits per heavy atom. The number of hydrogen-bond acceptors (Lipinski definition) is 5. The number of carbonyl (C=O) groups is 1. The molecule has 0 bridgehead atoms. The molecule has 0 fully saturated rings. The molecule has 3 aromatic rings. The number of rotatable bonds is 7. The molecule has 0 aliphatic heterocycles. The number of anilines is 1. The van der Waals surface area contributed by atoms with Crippen LogP contribution in [0.3, 0.4) is 0 Å². The minimum absolute atomic E-state index is 0.0625. The second-order valence-corrected chi connectivity index (χ2v) is 9.15. The smallest absolute Gasteiger partial charge is 0.278 e. The van der Waals surface area contributed by atoms with E-state index in [4.69, 9.17) is 21.1 Å². The van der Waals surface area contributed by atoms with Gasteiger partial charge in [0.15, 0.2) is 6.61 Å². The summed E-state index contributed by atoms with van der Waals surface area (Å²) in [5.74, 6) is 0.287. The van der Waals surface area contributed by atoms with Gasteiger partial charge in [-0.15, -0.1) is 0 Å². The summed E-state index contributed by atoms with van der Waals surface area (Å²) in [6.07, 6.45) is 0. The van der Waals surface area contributed by atoms with E-state index in [-0.39, 0.29) is 10.6 Å². The zero-order chi connectivity index (χ0) is 22.6. The van der Waals surface area contributed by atoms with Crippen molar-refractivity contribution in [2.45, 2.75) is 18.7 Å². The lowest BCUT2D eigenvalue weighted by atomic mass is 10.1. The summed E-state index contributed by atoms with van der Waals surface area (Å²) in [6.45, 7) is 3.37. The van der Waals surface area contributed by atoms with Gasteiger partial charge in [0, 0.05) is 5.02 Å². The summed E-state index contributed by atoms with van der Waals surface area (Å²) >= 11 is 5.89. The van der Waals surface area contributed by atoms with Crippen molar-refractivity contribution in [1.82, 2.24) is 0 Å². The predicted octanol–water partition coefficient (Wildman–Crippen LogP) is 4.77. The Bertz CT molecular complexity index is 1160. The molecular formula is C23H22ClNO5S. The molecule has 8 heteroatoms. The number of methoxy groups -OCH3 is 1. The Hall–Kier alpha value is -3.03. The van der Waals surface area contributed by atoms with Gasteiger partial charge in [-0.1, -0.05) is 17.7 Å². The lowest BCUT2D eigenvalue weighted by Gasteiger charge is -2.23. The molecule has 1 amide bonds. The van der Waals surface area contributed by atoms with Crippen LogP contribution in [0.1, 0.15) is 11.1 Å². The maximum atomic E-state index is 13.3. The molecule has 0 unspecified atom stereocenters. The average Bonchev–Trinajstić information content (AvgIpc) is 2.72. The van der Waals surface area contributed by atoms with Gasteiger partial charge in [-0.2, -0.15) is 4.31 Å². The molecule has 0 atom stereocenters. The van der Waals surface area contributed by atoms with Crippen LogP contribution in [0.15, 0.2) is 71.6 Å². The predicted molar refractivity (Wildman–Crippen MR) is 121 cm³/mol. The van der Waals surface area contributed by atoms with Gasteiger partial charge >= 0.3 is 0 Å². The van der Waals surface area contributed by atoms with Crippen LogP contribution in [0.4, 0.5) is 5.69 Å². The van der Waals surface area contributed by atoms with Gasteiger partial charge in [0.2, 0.25) is 0 Å². The largest absolute Gasteiger partial charge is 0.497 e. The highest BCUT2D eigenvalue weighted by molar-refractivity contribution is 7.93. The highest BCUT2D eigenvalue weighted by atomic mass is 35.5. The molecule has 0 spiro atoms. The normalized spacial score (nSPS) is 11.1. The van der Waals surface area contributed by atoms with Gasteiger partial charge in [-0.25, -0.2) is 8.42 Å². The maximum Gasteiger partial charge on any atom is 0.278 e. The van der Waals surface area contributed by atoms with Crippen molar-refractivity contribution >= 4 is 33.2 Å². The minimum Gasteiger partial charge on any atom is -0.497 e. The van der Waals surface area contributed by atoms with E-state index in [0.717, 1.165) is 15.4 Å². The van der Waals surface area contributed by atoms with E-state index < -0.39 is 22.5 Å². The monoisotopic (exact) mass is 459 g/mol. The van der Waals surface area contributed by atoms with E-state index in [9.17, 15) is 13.2 Å². The van der Waals surface area contributed by atoms with Crippen LogP contribution in [0.5, 0.6) is 11.5 Å². The molecule has 0 aliphatic carbocycles. The molecule has 0 saturated heterocycles. The fourth-order valence-corrected chi connectivity index (χ4v) is 4.60. The third-order valence-electron chi connectivity index (χ3n) is 4.44. The van der Waals surface area contributed by atoms with Crippen LogP contribution < -0.4 is 13.8 Å². The van der Waals surface area contributed by atoms with Gasteiger partial charge in [0.25, 0.3) is 15.9 Å². The van der Waals surface area contributed by atoms with Crippen LogP contribution in [0.2, 0.25) is 5.02 Å². The van der Waals surface area contributed by atoms with E-state index in [0.29, 0.717) is 16.5 Å². The van der Waals surface area contributed by atoms with Crippen molar-refractivity contribution in [2.75, 3.05) is 18.0 Å². The fraction of sp³-hybridized carbons (Fsp3) is 0.174. The molecule has 162 valence electrons. The highest BCUT2D eigenvalue weighted by Crippen LogP contribution is 2.27. The van der Waals surface area contributed by atoms with Crippen LogP contribution in [0.25, 0.3) is 0 Å². The standard InChI is InChI=1S/C23H22ClNO5S/c1-16-12-17(2)14-21(13-16)30-15-23(26)25(19-6-8-20(29-3)9-7-19)31(27,28)22-10-4-18(24)5-11-22/h4-14H,15H2,1-3H3. The molecule has 3 aromatic carbocycles. The third kappa shape index (κ3) is 5.37. The van der Waals surface area contributed by atoms with Crippen molar-refractivity contribution in [1.29, 1.82) is 0 Å². The molecule has 0 heterocycles. The fourth-order valence-electron chi connectivity index (χ4n) is 3.07. The van der Waals surface area contributed by atoms with Gasteiger partial charge < -0.3 is 9.47 Å². The highest BCUT2D eigenvalue weighted by Gasteiger charge is 2.31. The number of benzene rings is 3. The Labute approximate surface area is 187 Å². The van der Waals surface area contributed by atoms with Crippen LogP contribution in [0, 0.1) is 13.8 Å². The first-order valence-corrected chi connectivity index (χ1v) is 11.2. The van der Waals surface area contributed by atoms with Crippen LogP contribution in [-0.2, 0) is 14.8 Å². The molecule has 3 rings (SSSR count). The zero-order valence-electron chi connectivity index (χ0n) is 17.3. The minimum atomic E-state index is -4.21. The van der Waals surface area contributed by atoms with Gasteiger partial charge in [-0.05, 0) is 85.6 Å². The first kappa shape index (κ1) is 22.7. The summed E-state index contributed by atoms with van der Waals surface area (Å²) in [5.41, 5.74) is 2.12. The van der Waals surface area contributed by atoms with Gasteiger partial charge in [0.05, 0.1) is 17.7 Å². The first-order valence-electron chi connectivity index (χ1n) is 9.39. The Morgan fingerprint density at radius 2 is 1.48 bits per heavy atom. The number of nitrogens with zero attached hydrogens (tertiary/aromatic N) is 1. The summed E-state index contributed by atoms with van der Waals surface area (Å²) < 4.78 is 38.2. The molecule has 0 radical (unpaired) electrons. The van der Waals surface area contributed by atoms with Gasteiger partial charge in [-0.3, -0.25) is 4.79 Å². The van der Waals surface area contributed by atoms with E-state index in [1.54, 1.807) is 24.3 Å². The van der Waals surface area contributed by atoms with Crippen molar-refractivity contribution in [3.63, 3.8) is 0 Å². The number of ether oxygens (including phenoxy) is 2. The SMILES string of the molecule is COc1ccc(N(C(=O)COc2cc(C)cc(C)c2)S(=O)(=O)c2ccc(Cl)cc2)cc1.